The predicted molar refractivity (Wildman–Crippen MR) is 103 cm³/mol. The molecule has 1 aromatic rings. The maximum absolute atomic E-state index is 13.0. The highest BCUT2D eigenvalue weighted by molar-refractivity contribution is 6.11. The summed E-state index contributed by atoms with van der Waals surface area (Å²) in [4.78, 5) is 52.7. The van der Waals surface area contributed by atoms with Gasteiger partial charge < -0.3 is 10.2 Å². The zero-order chi connectivity index (χ0) is 19.9. The number of imide groups is 1. The summed E-state index contributed by atoms with van der Waals surface area (Å²) in [6.45, 7) is 2.41. The quantitative estimate of drug-likeness (QED) is 0.639. The molecule has 7 nitrogen and oxygen atoms in total. The van der Waals surface area contributed by atoms with E-state index in [1.165, 1.54) is 0 Å². The van der Waals surface area contributed by atoms with Crippen LogP contribution in [0.25, 0.3) is 0 Å². The van der Waals surface area contributed by atoms with Crippen LogP contribution in [-0.2, 0) is 9.59 Å². The van der Waals surface area contributed by atoms with Gasteiger partial charge in [-0.15, -0.1) is 0 Å². The Labute approximate surface area is 164 Å². The van der Waals surface area contributed by atoms with Crippen molar-refractivity contribution < 1.29 is 19.2 Å². The van der Waals surface area contributed by atoms with Gasteiger partial charge in [-0.05, 0) is 49.4 Å². The molecule has 28 heavy (non-hydrogen) atoms. The second-order valence-corrected chi connectivity index (χ2v) is 8.06. The van der Waals surface area contributed by atoms with Crippen molar-refractivity contribution in [2.75, 3.05) is 18.0 Å². The van der Waals surface area contributed by atoms with Crippen molar-refractivity contribution in [2.45, 2.75) is 51.0 Å². The molecule has 0 unspecified atom stereocenters. The fourth-order valence-electron chi connectivity index (χ4n) is 4.62. The van der Waals surface area contributed by atoms with Crippen molar-refractivity contribution in [1.29, 1.82) is 0 Å². The molecule has 3 aliphatic rings. The molecular weight excluding hydrogens is 358 g/mol. The maximum atomic E-state index is 13.0. The molecule has 4 amide bonds. The Morgan fingerprint density at radius 1 is 1.14 bits per heavy atom. The highest BCUT2D eigenvalue weighted by Gasteiger charge is 2.55. The van der Waals surface area contributed by atoms with Crippen molar-refractivity contribution in [2.24, 2.45) is 5.92 Å². The topological polar surface area (TPSA) is 86.8 Å². The number of benzene rings is 1. The van der Waals surface area contributed by atoms with Crippen LogP contribution in [-0.4, -0.2) is 47.2 Å². The molecule has 4 rings (SSSR count). The predicted octanol–water partition coefficient (Wildman–Crippen LogP) is 2.50. The van der Waals surface area contributed by atoms with Crippen molar-refractivity contribution in [1.82, 2.24) is 10.2 Å². The van der Waals surface area contributed by atoms with Gasteiger partial charge in [0.25, 0.3) is 5.91 Å². The number of urea groups is 1. The van der Waals surface area contributed by atoms with Crippen molar-refractivity contribution in [3.05, 3.63) is 29.8 Å². The first-order valence-electron chi connectivity index (χ1n) is 10.00. The Balaban J connectivity index is 1.47. The largest absolute Gasteiger partial charge is 0.325 e. The number of hydrogen-bond acceptors (Lipinski definition) is 4. The average Bonchev–Trinajstić information content (AvgIpc) is 3.21. The monoisotopic (exact) mass is 383 g/mol. The van der Waals surface area contributed by atoms with Gasteiger partial charge in [0.15, 0.2) is 5.78 Å². The number of carbonyl (C=O) groups excluding carboxylic acids is 4. The molecule has 0 aromatic heterocycles. The minimum absolute atomic E-state index is 0.0649. The molecule has 2 heterocycles. The van der Waals surface area contributed by atoms with E-state index in [2.05, 4.69) is 5.32 Å². The van der Waals surface area contributed by atoms with E-state index in [1.807, 2.05) is 6.92 Å². The molecule has 1 saturated carbocycles. The second-order valence-electron chi connectivity index (χ2n) is 8.06. The van der Waals surface area contributed by atoms with Crippen LogP contribution in [0.4, 0.5) is 10.5 Å². The molecule has 2 saturated heterocycles. The van der Waals surface area contributed by atoms with Gasteiger partial charge in [-0.1, -0.05) is 19.8 Å². The fraction of sp³-hybridized carbons (Fsp3) is 0.524. The molecule has 1 spiro atoms. The zero-order valence-electron chi connectivity index (χ0n) is 16.1. The van der Waals surface area contributed by atoms with Gasteiger partial charge in [-0.3, -0.25) is 19.3 Å². The van der Waals surface area contributed by atoms with Crippen LogP contribution in [0.3, 0.4) is 0 Å². The lowest BCUT2D eigenvalue weighted by Gasteiger charge is -2.36. The first-order chi connectivity index (χ1) is 13.4. The Hall–Kier alpha value is -2.70. The smallest absolute Gasteiger partial charge is 0.323 e. The summed E-state index contributed by atoms with van der Waals surface area (Å²) in [7, 11) is 0. The number of ketones is 1. The fourth-order valence-corrected chi connectivity index (χ4v) is 4.62. The minimum atomic E-state index is -0.852. The number of hydrogen-bond donors (Lipinski definition) is 1. The van der Waals surface area contributed by atoms with Gasteiger partial charge in [0.05, 0.1) is 6.54 Å². The molecule has 7 heteroatoms. The molecule has 1 N–H and O–H groups in total. The first-order valence-corrected chi connectivity index (χ1v) is 10.00. The number of nitrogens with one attached hydrogen (secondary N) is 1. The zero-order valence-corrected chi connectivity index (χ0v) is 16.1. The van der Waals surface area contributed by atoms with Crippen molar-refractivity contribution in [3.63, 3.8) is 0 Å². The molecule has 1 aliphatic carbocycles. The van der Waals surface area contributed by atoms with Gasteiger partial charge in [0.1, 0.15) is 5.54 Å². The molecule has 0 bridgehead atoms. The Kier molecular flexibility index (Phi) is 4.69. The molecule has 2 aliphatic heterocycles. The van der Waals surface area contributed by atoms with Crippen LogP contribution >= 0.6 is 0 Å². The molecular formula is C21H25N3O4. The third-order valence-electron chi connectivity index (χ3n) is 6.38. The van der Waals surface area contributed by atoms with E-state index in [-0.39, 0.29) is 30.1 Å². The van der Waals surface area contributed by atoms with Crippen molar-refractivity contribution >= 4 is 29.3 Å². The van der Waals surface area contributed by atoms with Crippen LogP contribution in [0.2, 0.25) is 0 Å². The third kappa shape index (κ3) is 2.99. The lowest BCUT2D eigenvalue weighted by atomic mass is 9.73. The molecule has 1 aromatic carbocycles. The summed E-state index contributed by atoms with van der Waals surface area (Å²) in [6, 6.07) is 6.31. The van der Waals surface area contributed by atoms with Gasteiger partial charge in [-0.2, -0.15) is 0 Å². The van der Waals surface area contributed by atoms with E-state index in [0.29, 0.717) is 24.9 Å². The van der Waals surface area contributed by atoms with Gasteiger partial charge in [0.2, 0.25) is 5.91 Å². The minimum Gasteiger partial charge on any atom is -0.323 e. The summed E-state index contributed by atoms with van der Waals surface area (Å²) in [5.74, 6) is -0.416. The van der Waals surface area contributed by atoms with E-state index in [1.54, 1.807) is 29.2 Å². The summed E-state index contributed by atoms with van der Waals surface area (Å²) < 4.78 is 0. The van der Waals surface area contributed by atoms with E-state index >= 15 is 0 Å². The van der Waals surface area contributed by atoms with Crippen LogP contribution in [0.15, 0.2) is 24.3 Å². The second kappa shape index (κ2) is 7.04. The van der Waals surface area contributed by atoms with Crippen molar-refractivity contribution in [3.8, 4) is 0 Å². The van der Waals surface area contributed by atoms with E-state index in [4.69, 9.17) is 0 Å². The number of rotatable bonds is 4. The Morgan fingerprint density at radius 2 is 1.89 bits per heavy atom. The molecule has 3 fully saturated rings. The highest BCUT2D eigenvalue weighted by atomic mass is 16.2. The Bertz CT molecular complexity index is 835. The molecule has 148 valence electrons. The maximum Gasteiger partial charge on any atom is 0.325 e. The Morgan fingerprint density at radius 3 is 2.54 bits per heavy atom. The number of anilines is 1. The summed E-state index contributed by atoms with van der Waals surface area (Å²) in [5, 5.41) is 2.87. The van der Waals surface area contributed by atoms with Crippen LogP contribution in [0, 0.1) is 5.92 Å². The highest BCUT2D eigenvalue weighted by Crippen LogP contribution is 2.38. The van der Waals surface area contributed by atoms with Crippen LogP contribution in [0.5, 0.6) is 0 Å². The van der Waals surface area contributed by atoms with Crippen LogP contribution in [0.1, 0.15) is 55.8 Å². The lowest BCUT2D eigenvalue weighted by molar-refractivity contribution is -0.133. The average molecular weight is 383 g/mol. The van der Waals surface area contributed by atoms with Gasteiger partial charge in [0, 0.05) is 24.2 Å². The van der Waals surface area contributed by atoms with Gasteiger partial charge in [-0.25, -0.2) is 4.79 Å². The number of carbonyl (C=O) groups is 4. The van der Waals surface area contributed by atoms with E-state index < -0.39 is 11.6 Å². The summed E-state index contributed by atoms with van der Waals surface area (Å²) >= 11 is 0. The number of amides is 4. The van der Waals surface area contributed by atoms with Crippen LogP contribution < -0.4 is 10.2 Å². The summed E-state index contributed by atoms with van der Waals surface area (Å²) in [6.07, 6.45) is 4.86. The first kappa shape index (κ1) is 18.7. The number of Topliss-reactive ketones (excluding diaryl/α,β-unsaturated/α-hetero) is 1. The summed E-state index contributed by atoms with van der Waals surface area (Å²) in [5.41, 5.74) is 0.341. The normalized spacial score (nSPS) is 27.6. The molecule has 0 radical (unpaired) electrons. The number of nitrogens with zero attached hydrogens (tertiary/aromatic N) is 2. The third-order valence-corrected chi connectivity index (χ3v) is 6.38. The lowest BCUT2D eigenvalue weighted by Crippen LogP contribution is -2.54. The SMILES string of the molecule is C[C@H]1CCCC[C@@]12NC(=O)N(CC(=O)c1ccc(N3CCCC3=O)cc1)C2=O. The van der Waals surface area contributed by atoms with E-state index in [0.717, 1.165) is 36.3 Å². The van der Waals surface area contributed by atoms with E-state index in [9.17, 15) is 19.2 Å². The van der Waals surface area contributed by atoms with Gasteiger partial charge >= 0.3 is 6.03 Å². The molecule has 2 atom stereocenters. The standard InChI is InChI=1S/C21H25N3O4/c1-14-5-2-3-11-21(14)19(27)24(20(28)22-21)13-17(25)15-7-9-16(10-8-15)23-12-4-6-18(23)26/h7-10,14H,2-6,11-13H2,1H3,(H,22,28)/t14-,21+/m0/s1.